The van der Waals surface area contributed by atoms with Gasteiger partial charge in [-0.25, -0.2) is 4.39 Å². The molecule has 0 saturated heterocycles. The Labute approximate surface area is 97.0 Å². The van der Waals surface area contributed by atoms with Crippen LogP contribution < -0.4 is 11.1 Å². The van der Waals surface area contributed by atoms with E-state index in [4.69, 9.17) is 5.73 Å². The molecule has 0 spiro atoms. The number of nitrogens with two attached hydrogens (primary N) is 1. The van der Waals surface area contributed by atoms with Gasteiger partial charge in [0.25, 0.3) is 0 Å². The van der Waals surface area contributed by atoms with Crippen molar-refractivity contribution in [2.24, 2.45) is 11.7 Å². The van der Waals surface area contributed by atoms with Crippen LogP contribution in [-0.2, 0) is 6.54 Å². The van der Waals surface area contributed by atoms with Gasteiger partial charge in [0.15, 0.2) is 0 Å². The van der Waals surface area contributed by atoms with Crippen LogP contribution in [0.4, 0.5) is 4.39 Å². The van der Waals surface area contributed by atoms with Crippen molar-refractivity contribution >= 4 is 0 Å². The molecule has 0 amide bonds. The van der Waals surface area contributed by atoms with Gasteiger partial charge in [-0.3, -0.25) is 0 Å². The molecule has 1 aromatic carbocycles. The van der Waals surface area contributed by atoms with Crippen LogP contribution in [-0.4, -0.2) is 12.6 Å². The van der Waals surface area contributed by atoms with E-state index >= 15 is 0 Å². The molecule has 2 nitrogen and oxygen atoms in total. The van der Waals surface area contributed by atoms with E-state index in [9.17, 15) is 4.39 Å². The second-order valence-electron chi connectivity index (χ2n) is 4.61. The maximum Gasteiger partial charge on any atom is 0.127 e. The fourth-order valence-electron chi connectivity index (χ4n) is 1.72. The minimum absolute atomic E-state index is 0.145. The Kier molecular flexibility index (Phi) is 5.43. The molecule has 16 heavy (non-hydrogen) atoms. The topological polar surface area (TPSA) is 38.0 Å². The molecule has 1 aromatic rings. The van der Waals surface area contributed by atoms with E-state index in [0.29, 0.717) is 18.0 Å². The minimum atomic E-state index is -0.160. The Bertz CT molecular complexity index is 313. The fourth-order valence-corrected chi connectivity index (χ4v) is 1.72. The van der Waals surface area contributed by atoms with Gasteiger partial charge in [0.2, 0.25) is 0 Å². The molecular formula is C13H21FN2. The lowest BCUT2D eigenvalue weighted by Gasteiger charge is -2.14. The van der Waals surface area contributed by atoms with Crippen LogP contribution in [0.25, 0.3) is 0 Å². The highest BCUT2D eigenvalue weighted by molar-refractivity contribution is 5.16. The van der Waals surface area contributed by atoms with E-state index in [-0.39, 0.29) is 11.9 Å². The summed E-state index contributed by atoms with van der Waals surface area (Å²) in [6.07, 6.45) is 0.990. The predicted octanol–water partition coefficient (Wildman–Crippen LogP) is 2.29. The van der Waals surface area contributed by atoms with Crippen molar-refractivity contribution in [1.82, 2.24) is 5.32 Å². The van der Waals surface area contributed by atoms with Gasteiger partial charge < -0.3 is 11.1 Å². The van der Waals surface area contributed by atoms with Crippen molar-refractivity contribution in [1.29, 1.82) is 0 Å². The van der Waals surface area contributed by atoms with Crippen molar-refractivity contribution in [3.8, 4) is 0 Å². The normalized spacial score (nSPS) is 13.1. The minimum Gasteiger partial charge on any atom is -0.327 e. The maximum atomic E-state index is 13.3. The molecule has 3 N–H and O–H groups in total. The third-order valence-corrected chi connectivity index (χ3v) is 2.45. The van der Waals surface area contributed by atoms with Gasteiger partial charge >= 0.3 is 0 Å². The first-order valence-corrected chi connectivity index (χ1v) is 5.79. The Balaban J connectivity index is 2.28. The van der Waals surface area contributed by atoms with Gasteiger partial charge in [-0.2, -0.15) is 0 Å². The summed E-state index contributed by atoms with van der Waals surface area (Å²) in [5.41, 5.74) is 6.61. The van der Waals surface area contributed by atoms with Crippen molar-refractivity contribution in [2.45, 2.75) is 32.9 Å². The molecule has 0 aliphatic rings. The van der Waals surface area contributed by atoms with Crippen LogP contribution in [0.2, 0.25) is 0 Å². The standard InChI is InChI=1S/C13H21FN2/c1-10(2)7-12(15)9-16-8-11-5-3-4-6-13(11)14/h3-6,10,12,16H,7-9,15H2,1-2H3. The van der Waals surface area contributed by atoms with E-state index in [2.05, 4.69) is 19.2 Å². The molecule has 0 fully saturated rings. The third kappa shape index (κ3) is 4.73. The van der Waals surface area contributed by atoms with Crippen LogP contribution >= 0.6 is 0 Å². The zero-order valence-corrected chi connectivity index (χ0v) is 10.0. The molecule has 0 aromatic heterocycles. The van der Waals surface area contributed by atoms with Gasteiger partial charge in [0.05, 0.1) is 0 Å². The summed E-state index contributed by atoms with van der Waals surface area (Å²) >= 11 is 0. The van der Waals surface area contributed by atoms with E-state index in [1.807, 2.05) is 6.07 Å². The second kappa shape index (κ2) is 6.61. The van der Waals surface area contributed by atoms with Gasteiger partial charge in [-0.15, -0.1) is 0 Å². The zero-order chi connectivity index (χ0) is 12.0. The maximum absolute atomic E-state index is 13.3. The molecule has 1 unspecified atom stereocenters. The lowest BCUT2D eigenvalue weighted by molar-refractivity contribution is 0.464. The number of nitrogens with one attached hydrogen (secondary N) is 1. The van der Waals surface area contributed by atoms with Gasteiger partial charge in [0.1, 0.15) is 5.82 Å². The highest BCUT2D eigenvalue weighted by Crippen LogP contribution is 2.06. The molecule has 90 valence electrons. The number of halogens is 1. The summed E-state index contributed by atoms with van der Waals surface area (Å²) in [5.74, 6) is 0.442. The van der Waals surface area contributed by atoms with Crippen molar-refractivity contribution < 1.29 is 4.39 Å². The number of hydrogen-bond acceptors (Lipinski definition) is 2. The third-order valence-electron chi connectivity index (χ3n) is 2.45. The fraction of sp³-hybridized carbons (Fsp3) is 0.538. The van der Waals surface area contributed by atoms with Crippen LogP contribution in [0.1, 0.15) is 25.8 Å². The van der Waals surface area contributed by atoms with E-state index in [1.54, 1.807) is 12.1 Å². The summed E-state index contributed by atoms with van der Waals surface area (Å²) in [5, 5.41) is 3.18. The second-order valence-corrected chi connectivity index (χ2v) is 4.61. The average molecular weight is 224 g/mol. The molecule has 0 aliphatic carbocycles. The molecule has 1 rings (SSSR count). The lowest BCUT2D eigenvalue weighted by Crippen LogP contribution is -2.34. The van der Waals surface area contributed by atoms with Gasteiger partial charge in [0, 0.05) is 24.7 Å². The predicted molar refractivity (Wildman–Crippen MR) is 65.5 cm³/mol. The lowest BCUT2D eigenvalue weighted by atomic mass is 10.0. The smallest absolute Gasteiger partial charge is 0.127 e. The zero-order valence-electron chi connectivity index (χ0n) is 10.0. The Morgan fingerprint density at radius 1 is 1.31 bits per heavy atom. The Morgan fingerprint density at radius 2 is 2.00 bits per heavy atom. The van der Waals surface area contributed by atoms with Crippen molar-refractivity contribution in [3.63, 3.8) is 0 Å². The number of benzene rings is 1. The summed E-state index contributed by atoms with van der Waals surface area (Å²) in [6.45, 7) is 5.57. The molecule has 0 bridgehead atoms. The average Bonchev–Trinajstić information content (AvgIpc) is 2.19. The molecule has 3 heteroatoms. The van der Waals surface area contributed by atoms with Crippen molar-refractivity contribution in [3.05, 3.63) is 35.6 Å². The first-order valence-electron chi connectivity index (χ1n) is 5.79. The molecule has 0 heterocycles. The van der Waals surface area contributed by atoms with Crippen LogP contribution in [0, 0.1) is 11.7 Å². The quantitative estimate of drug-likeness (QED) is 0.778. The number of rotatable bonds is 6. The highest BCUT2D eigenvalue weighted by Gasteiger charge is 2.05. The van der Waals surface area contributed by atoms with Gasteiger partial charge in [-0.05, 0) is 18.4 Å². The van der Waals surface area contributed by atoms with Crippen LogP contribution in [0.3, 0.4) is 0 Å². The van der Waals surface area contributed by atoms with Crippen molar-refractivity contribution in [2.75, 3.05) is 6.54 Å². The summed E-state index contributed by atoms with van der Waals surface area (Å²) in [4.78, 5) is 0. The summed E-state index contributed by atoms with van der Waals surface area (Å²) in [7, 11) is 0. The monoisotopic (exact) mass is 224 g/mol. The Morgan fingerprint density at radius 3 is 2.62 bits per heavy atom. The van der Waals surface area contributed by atoms with E-state index < -0.39 is 0 Å². The summed E-state index contributed by atoms with van der Waals surface area (Å²) < 4.78 is 13.3. The first-order chi connectivity index (χ1) is 7.59. The molecule has 1 atom stereocenters. The molecule has 0 saturated carbocycles. The van der Waals surface area contributed by atoms with Crippen LogP contribution in [0.15, 0.2) is 24.3 Å². The molecular weight excluding hydrogens is 203 g/mol. The first kappa shape index (κ1) is 13.1. The van der Waals surface area contributed by atoms with E-state index in [0.717, 1.165) is 13.0 Å². The van der Waals surface area contributed by atoms with Crippen LogP contribution in [0.5, 0.6) is 0 Å². The van der Waals surface area contributed by atoms with E-state index in [1.165, 1.54) is 6.07 Å². The Hall–Kier alpha value is -0.930. The molecule has 0 radical (unpaired) electrons. The largest absolute Gasteiger partial charge is 0.327 e. The summed E-state index contributed by atoms with van der Waals surface area (Å²) in [6, 6.07) is 6.95. The molecule has 0 aliphatic heterocycles. The van der Waals surface area contributed by atoms with Gasteiger partial charge in [-0.1, -0.05) is 32.0 Å². The number of hydrogen-bond donors (Lipinski definition) is 2. The SMILES string of the molecule is CC(C)CC(N)CNCc1ccccc1F. The highest BCUT2D eigenvalue weighted by atomic mass is 19.1.